The maximum absolute atomic E-state index is 5.49. The van der Waals surface area contributed by atoms with E-state index in [4.69, 9.17) is 9.47 Å². The van der Waals surface area contributed by atoms with Crippen LogP contribution in [0, 0.1) is 5.92 Å². The predicted octanol–water partition coefficient (Wildman–Crippen LogP) is 2.45. The molecule has 1 aliphatic heterocycles. The SMILES string of the molecule is COc1ccc([C@H](C2CCC2)N2CCNCC2)cc1OC. The number of rotatable bonds is 5. The van der Waals surface area contributed by atoms with Gasteiger partial charge in [-0.15, -0.1) is 0 Å². The van der Waals surface area contributed by atoms with Gasteiger partial charge in [0.1, 0.15) is 0 Å². The van der Waals surface area contributed by atoms with Crippen LogP contribution in [0.1, 0.15) is 30.9 Å². The summed E-state index contributed by atoms with van der Waals surface area (Å²) >= 11 is 0. The van der Waals surface area contributed by atoms with E-state index in [0.29, 0.717) is 6.04 Å². The Hall–Kier alpha value is -1.26. The van der Waals surface area contributed by atoms with Gasteiger partial charge in [0, 0.05) is 32.2 Å². The third-order valence-corrected chi connectivity index (χ3v) is 4.89. The third kappa shape index (κ3) is 3.01. The first-order valence-electron chi connectivity index (χ1n) is 8.00. The standard InChI is InChI=1S/C17H26N2O2/c1-20-15-7-6-14(12-16(15)21-2)17(13-4-3-5-13)19-10-8-18-9-11-19/h6-7,12-13,17-18H,3-5,8-11H2,1-2H3/t17-/m0/s1. The number of piperazine rings is 1. The van der Waals surface area contributed by atoms with Crippen LogP contribution in [0.25, 0.3) is 0 Å². The number of nitrogens with zero attached hydrogens (tertiary/aromatic N) is 1. The molecule has 1 atom stereocenters. The van der Waals surface area contributed by atoms with Crippen molar-refractivity contribution in [2.45, 2.75) is 25.3 Å². The number of hydrogen-bond donors (Lipinski definition) is 1. The predicted molar refractivity (Wildman–Crippen MR) is 84.1 cm³/mol. The first kappa shape index (κ1) is 14.7. The zero-order chi connectivity index (χ0) is 14.7. The zero-order valence-corrected chi connectivity index (χ0v) is 13.1. The quantitative estimate of drug-likeness (QED) is 0.903. The topological polar surface area (TPSA) is 33.7 Å². The van der Waals surface area contributed by atoms with Gasteiger partial charge in [-0.05, 0) is 36.5 Å². The van der Waals surface area contributed by atoms with Gasteiger partial charge in [-0.3, -0.25) is 4.90 Å². The molecule has 2 aliphatic rings. The second-order valence-corrected chi connectivity index (χ2v) is 6.04. The second-order valence-electron chi connectivity index (χ2n) is 6.04. The number of benzene rings is 1. The highest BCUT2D eigenvalue weighted by atomic mass is 16.5. The molecule has 0 amide bonds. The van der Waals surface area contributed by atoms with Crippen molar-refractivity contribution in [3.8, 4) is 11.5 Å². The molecule has 1 aromatic rings. The van der Waals surface area contributed by atoms with Gasteiger partial charge in [-0.1, -0.05) is 12.5 Å². The van der Waals surface area contributed by atoms with E-state index in [-0.39, 0.29) is 0 Å². The van der Waals surface area contributed by atoms with E-state index in [0.717, 1.165) is 43.6 Å². The van der Waals surface area contributed by atoms with E-state index in [1.165, 1.54) is 24.8 Å². The molecule has 4 heteroatoms. The van der Waals surface area contributed by atoms with Crippen LogP contribution >= 0.6 is 0 Å². The first-order valence-corrected chi connectivity index (χ1v) is 8.00. The normalized spacial score (nSPS) is 21.6. The van der Waals surface area contributed by atoms with Crippen LogP contribution in [0.3, 0.4) is 0 Å². The van der Waals surface area contributed by atoms with Gasteiger partial charge >= 0.3 is 0 Å². The molecule has 4 nitrogen and oxygen atoms in total. The number of hydrogen-bond acceptors (Lipinski definition) is 4. The van der Waals surface area contributed by atoms with Gasteiger partial charge in [-0.25, -0.2) is 0 Å². The summed E-state index contributed by atoms with van der Waals surface area (Å²) < 4.78 is 10.9. The molecule has 1 N–H and O–H groups in total. The molecule has 2 fully saturated rings. The van der Waals surface area contributed by atoms with Gasteiger partial charge in [-0.2, -0.15) is 0 Å². The van der Waals surface area contributed by atoms with Crippen molar-refractivity contribution in [1.29, 1.82) is 0 Å². The minimum absolute atomic E-state index is 0.528. The summed E-state index contributed by atoms with van der Waals surface area (Å²) in [5.41, 5.74) is 1.37. The summed E-state index contributed by atoms with van der Waals surface area (Å²) in [6, 6.07) is 6.96. The van der Waals surface area contributed by atoms with Gasteiger partial charge < -0.3 is 14.8 Å². The van der Waals surface area contributed by atoms with Crippen molar-refractivity contribution in [2.24, 2.45) is 5.92 Å². The minimum Gasteiger partial charge on any atom is -0.493 e. The molecule has 0 unspecified atom stereocenters. The molecule has 1 aliphatic carbocycles. The lowest BCUT2D eigenvalue weighted by molar-refractivity contribution is 0.0835. The molecule has 0 spiro atoms. The molecule has 116 valence electrons. The van der Waals surface area contributed by atoms with E-state index in [9.17, 15) is 0 Å². The van der Waals surface area contributed by atoms with Gasteiger partial charge in [0.2, 0.25) is 0 Å². The second kappa shape index (κ2) is 6.67. The Kier molecular flexibility index (Phi) is 4.66. The molecular weight excluding hydrogens is 264 g/mol. The molecule has 1 saturated carbocycles. The van der Waals surface area contributed by atoms with E-state index >= 15 is 0 Å². The molecule has 3 rings (SSSR count). The van der Waals surface area contributed by atoms with E-state index in [2.05, 4.69) is 22.3 Å². The fraction of sp³-hybridized carbons (Fsp3) is 0.647. The van der Waals surface area contributed by atoms with Crippen LogP contribution in [0.15, 0.2) is 18.2 Å². The lowest BCUT2D eigenvalue weighted by Crippen LogP contribution is -2.47. The smallest absolute Gasteiger partial charge is 0.161 e. The maximum atomic E-state index is 5.49. The van der Waals surface area contributed by atoms with Gasteiger partial charge in [0.25, 0.3) is 0 Å². The van der Waals surface area contributed by atoms with Crippen LogP contribution < -0.4 is 14.8 Å². The van der Waals surface area contributed by atoms with Gasteiger partial charge in [0.05, 0.1) is 14.2 Å². The summed E-state index contributed by atoms with van der Waals surface area (Å²) in [6.07, 6.45) is 4.08. The Bertz CT molecular complexity index is 468. The monoisotopic (exact) mass is 290 g/mol. The molecule has 21 heavy (non-hydrogen) atoms. The van der Waals surface area contributed by atoms with Crippen molar-refractivity contribution in [1.82, 2.24) is 10.2 Å². The summed E-state index contributed by atoms with van der Waals surface area (Å²) in [5, 5.41) is 3.45. The van der Waals surface area contributed by atoms with Crippen LogP contribution in [0.4, 0.5) is 0 Å². The van der Waals surface area contributed by atoms with Crippen molar-refractivity contribution < 1.29 is 9.47 Å². The summed E-state index contributed by atoms with van der Waals surface area (Å²) in [5.74, 6) is 2.45. The highest BCUT2D eigenvalue weighted by Crippen LogP contribution is 2.43. The van der Waals surface area contributed by atoms with E-state index in [1.807, 2.05) is 6.07 Å². The molecule has 0 bridgehead atoms. The number of methoxy groups -OCH3 is 2. The van der Waals surface area contributed by atoms with Crippen molar-refractivity contribution in [3.63, 3.8) is 0 Å². The Balaban J connectivity index is 1.88. The third-order valence-electron chi connectivity index (χ3n) is 4.89. The fourth-order valence-electron chi connectivity index (χ4n) is 3.53. The zero-order valence-electron chi connectivity index (χ0n) is 13.1. The lowest BCUT2D eigenvalue weighted by atomic mass is 9.76. The lowest BCUT2D eigenvalue weighted by Gasteiger charge is -2.43. The molecule has 1 saturated heterocycles. The molecule has 1 heterocycles. The van der Waals surface area contributed by atoms with Crippen LogP contribution in [-0.4, -0.2) is 45.3 Å². The Morgan fingerprint density at radius 2 is 1.81 bits per heavy atom. The van der Waals surface area contributed by atoms with Crippen molar-refractivity contribution in [3.05, 3.63) is 23.8 Å². The molecule has 1 aromatic carbocycles. The van der Waals surface area contributed by atoms with E-state index < -0.39 is 0 Å². The van der Waals surface area contributed by atoms with Crippen molar-refractivity contribution in [2.75, 3.05) is 40.4 Å². The van der Waals surface area contributed by atoms with E-state index in [1.54, 1.807) is 14.2 Å². The maximum Gasteiger partial charge on any atom is 0.161 e. The highest BCUT2D eigenvalue weighted by molar-refractivity contribution is 5.44. The average molecular weight is 290 g/mol. The Labute approximate surface area is 127 Å². The molecular formula is C17H26N2O2. The Morgan fingerprint density at radius 3 is 2.38 bits per heavy atom. The highest BCUT2D eigenvalue weighted by Gasteiger charge is 2.33. The molecule has 0 radical (unpaired) electrons. The Morgan fingerprint density at radius 1 is 1.10 bits per heavy atom. The number of nitrogens with one attached hydrogen (secondary N) is 1. The largest absolute Gasteiger partial charge is 0.493 e. The van der Waals surface area contributed by atoms with Crippen molar-refractivity contribution >= 4 is 0 Å². The summed E-state index contributed by atoms with van der Waals surface area (Å²) in [7, 11) is 3.40. The first-order chi connectivity index (χ1) is 10.3. The fourth-order valence-corrected chi connectivity index (χ4v) is 3.53. The minimum atomic E-state index is 0.528. The number of ether oxygens (including phenoxy) is 2. The van der Waals surface area contributed by atoms with Gasteiger partial charge in [0.15, 0.2) is 11.5 Å². The summed E-state index contributed by atoms with van der Waals surface area (Å²) in [4.78, 5) is 2.64. The van der Waals surface area contributed by atoms with Crippen LogP contribution in [0.2, 0.25) is 0 Å². The molecule has 0 aromatic heterocycles. The van der Waals surface area contributed by atoms with Crippen LogP contribution in [0.5, 0.6) is 11.5 Å². The summed E-state index contributed by atoms with van der Waals surface area (Å²) in [6.45, 7) is 4.46. The average Bonchev–Trinajstić information content (AvgIpc) is 2.51. The van der Waals surface area contributed by atoms with Crippen LogP contribution in [-0.2, 0) is 0 Å².